The average Bonchev–Trinajstić information content (AvgIpc) is 2.30. The summed E-state index contributed by atoms with van der Waals surface area (Å²) in [4.78, 5) is 19.6. The fourth-order valence-electron chi connectivity index (χ4n) is 1.99. The van der Waals surface area contributed by atoms with E-state index in [1.165, 1.54) is 0 Å². The van der Waals surface area contributed by atoms with Gasteiger partial charge in [0, 0.05) is 31.2 Å². The molecular weight excluding hydrogens is 208 g/mol. The Balaban J connectivity index is 2.38. The number of carbonyl (C=O) groups is 1. The predicted molar refractivity (Wildman–Crippen MR) is 56.1 cm³/mol. The number of aromatic nitrogens is 2. The van der Waals surface area contributed by atoms with E-state index >= 15 is 0 Å². The first kappa shape index (κ1) is 11.0. The van der Waals surface area contributed by atoms with Crippen LogP contribution in [0, 0.1) is 6.92 Å². The summed E-state index contributed by atoms with van der Waals surface area (Å²) in [6, 6.07) is 0. The maximum absolute atomic E-state index is 11.5. The molecule has 0 aromatic carbocycles. The Kier molecular flexibility index (Phi) is 2.87. The summed E-state index contributed by atoms with van der Waals surface area (Å²) in [6.07, 6.45) is 4.19. The van der Waals surface area contributed by atoms with Crippen LogP contribution in [0.5, 0.6) is 0 Å². The Morgan fingerprint density at radius 2 is 1.94 bits per heavy atom. The van der Waals surface area contributed by atoms with E-state index in [1.807, 2.05) is 0 Å². The SMILES string of the molecule is Cc1ncc(C2(C(=O)O)CCOCC2)cn1. The van der Waals surface area contributed by atoms with E-state index in [-0.39, 0.29) is 0 Å². The summed E-state index contributed by atoms with van der Waals surface area (Å²) in [5.74, 6) is -0.167. The monoisotopic (exact) mass is 222 g/mol. The normalized spacial score (nSPS) is 19.3. The molecule has 0 aliphatic carbocycles. The third-order valence-corrected chi connectivity index (χ3v) is 3.09. The summed E-state index contributed by atoms with van der Waals surface area (Å²) in [5.41, 5.74) is -0.194. The third kappa shape index (κ3) is 1.78. The van der Waals surface area contributed by atoms with Crippen molar-refractivity contribution in [2.45, 2.75) is 25.2 Å². The van der Waals surface area contributed by atoms with Crippen molar-refractivity contribution in [2.75, 3.05) is 13.2 Å². The summed E-state index contributed by atoms with van der Waals surface area (Å²) in [7, 11) is 0. The molecule has 16 heavy (non-hydrogen) atoms. The van der Waals surface area contributed by atoms with Gasteiger partial charge in [0.25, 0.3) is 0 Å². The molecule has 1 aliphatic heterocycles. The fraction of sp³-hybridized carbons (Fsp3) is 0.545. The molecule has 0 unspecified atom stereocenters. The predicted octanol–water partition coefficient (Wildman–Crippen LogP) is 0.918. The second-order valence-electron chi connectivity index (χ2n) is 4.02. The van der Waals surface area contributed by atoms with Crippen LogP contribution in [0.25, 0.3) is 0 Å². The number of rotatable bonds is 2. The zero-order valence-corrected chi connectivity index (χ0v) is 9.14. The highest BCUT2D eigenvalue weighted by Gasteiger charge is 2.42. The van der Waals surface area contributed by atoms with Gasteiger partial charge in [-0.05, 0) is 19.8 Å². The zero-order chi connectivity index (χ0) is 11.6. The highest BCUT2D eigenvalue weighted by Crippen LogP contribution is 2.34. The summed E-state index contributed by atoms with van der Waals surface area (Å²) in [6.45, 7) is 2.72. The van der Waals surface area contributed by atoms with Gasteiger partial charge in [-0.15, -0.1) is 0 Å². The molecular formula is C11H14N2O3. The second kappa shape index (κ2) is 4.17. The summed E-state index contributed by atoms with van der Waals surface area (Å²) < 4.78 is 5.22. The van der Waals surface area contributed by atoms with Gasteiger partial charge in [0.05, 0.1) is 0 Å². The number of aliphatic carboxylic acids is 1. The van der Waals surface area contributed by atoms with Gasteiger partial charge in [0.1, 0.15) is 11.2 Å². The highest BCUT2D eigenvalue weighted by atomic mass is 16.5. The van der Waals surface area contributed by atoms with Crippen LogP contribution >= 0.6 is 0 Å². The van der Waals surface area contributed by atoms with Crippen molar-refractivity contribution in [1.82, 2.24) is 9.97 Å². The van der Waals surface area contributed by atoms with E-state index < -0.39 is 11.4 Å². The van der Waals surface area contributed by atoms with Crippen LogP contribution in [0.2, 0.25) is 0 Å². The molecule has 5 nitrogen and oxygen atoms in total. The van der Waals surface area contributed by atoms with E-state index in [0.29, 0.717) is 37.4 Å². The van der Waals surface area contributed by atoms with Gasteiger partial charge in [-0.1, -0.05) is 0 Å². The summed E-state index contributed by atoms with van der Waals surface area (Å²) >= 11 is 0. The van der Waals surface area contributed by atoms with Crippen molar-refractivity contribution in [2.24, 2.45) is 0 Å². The van der Waals surface area contributed by atoms with Crippen molar-refractivity contribution >= 4 is 5.97 Å². The number of carboxylic acids is 1. The van der Waals surface area contributed by atoms with Gasteiger partial charge in [-0.2, -0.15) is 0 Å². The number of hydrogen-bond donors (Lipinski definition) is 1. The van der Waals surface area contributed by atoms with Crippen molar-refractivity contribution in [3.05, 3.63) is 23.8 Å². The minimum absolute atomic E-state index is 0.472. The topological polar surface area (TPSA) is 72.3 Å². The maximum Gasteiger partial charge on any atom is 0.314 e. The smallest absolute Gasteiger partial charge is 0.314 e. The van der Waals surface area contributed by atoms with Crippen LogP contribution in [0.15, 0.2) is 12.4 Å². The first-order chi connectivity index (χ1) is 7.65. The molecule has 86 valence electrons. The van der Waals surface area contributed by atoms with Crippen molar-refractivity contribution in [3.8, 4) is 0 Å². The molecule has 0 amide bonds. The van der Waals surface area contributed by atoms with E-state index in [1.54, 1.807) is 19.3 Å². The van der Waals surface area contributed by atoms with Gasteiger partial charge in [-0.25, -0.2) is 9.97 Å². The van der Waals surface area contributed by atoms with Crippen LogP contribution < -0.4 is 0 Å². The molecule has 5 heteroatoms. The van der Waals surface area contributed by atoms with Crippen LogP contribution in [-0.2, 0) is 14.9 Å². The van der Waals surface area contributed by atoms with Crippen LogP contribution in [0.4, 0.5) is 0 Å². The maximum atomic E-state index is 11.5. The van der Waals surface area contributed by atoms with Crippen molar-refractivity contribution in [1.29, 1.82) is 0 Å². The number of hydrogen-bond acceptors (Lipinski definition) is 4. The number of nitrogens with zero attached hydrogens (tertiary/aromatic N) is 2. The number of ether oxygens (including phenoxy) is 1. The van der Waals surface area contributed by atoms with E-state index in [4.69, 9.17) is 4.74 Å². The van der Waals surface area contributed by atoms with Crippen molar-refractivity contribution < 1.29 is 14.6 Å². The van der Waals surface area contributed by atoms with Gasteiger partial charge in [0.2, 0.25) is 0 Å². The molecule has 1 N–H and O–H groups in total. The molecule has 2 heterocycles. The average molecular weight is 222 g/mol. The molecule has 0 radical (unpaired) electrons. The molecule has 1 saturated heterocycles. The second-order valence-corrected chi connectivity index (χ2v) is 4.02. The molecule has 1 aliphatic rings. The molecule has 0 atom stereocenters. The van der Waals surface area contributed by atoms with E-state index in [0.717, 1.165) is 0 Å². The van der Waals surface area contributed by atoms with Crippen molar-refractivity contribution in [3.63, 3.8) is 0 Å². The van der Waals surface area contributed by atoms with Gasteiger partial charge >= 0.3 is 5.97 Å². The molecule has 1 aromatic heterocycles. The Labute approximate surface area is 93.5 Å². The lowest BCUT2D eigenvalue weighted by molar-refractivity contribution is -0.147. The van der Waals surface area contributed by atoms with E-state index in [2.05, 4.69) is 9.97 Å². The molecule has 1 fully saturated rings. The Hall–Kier alpha value is -1.49. The van der Waals surface area contributed by atoms with Gasteiger partial charge in [0.15, 0.2) is 0 Å². The molecule has 0 saturated carbocycles. The number of carboxylic acid groups (broad SMARTS) is 1. The van der Waals surface area contributed by atoms with Crippen LogP contribution in [-0.4, -0.2) is 34.3 Å². The van der Waals surface area contributed by atoms with Gasteiger partial charge in [-0.3, -0.25) is 4.79 Å². The lowest BCUT2D eigenvalue weighted by Gasteiger charge is -2.32. The van der Waals surface area contributed by atoms with Crippen LogP contribution in [0.1, 0.15) is 24.2 Å². The highest BCUT2D eigenvalue weighted by molar-refractivity contribution is 5.81. The van der Waals surface area contributed by atoms with Gasteiger partial charge < -0.3 is 9.84 Å². The quantitative estimate of drug-likeness (QED) is 0.805. The Morgan fingerprint density at radius 3 is 2.44 bits per heavy atom. The minimum Gasteiger partial charge on any atom is -0.481 e. The molecule has 1 aromatic rings. The zero-order valence-electron chi connectivity index (χ0n) is 9.14. The molecule has 0 bridgehead atoms. The summed E-state index contributed by atoms with van der Waals surface area (Å²) in [5, 5.41) is 9.40. The lowest BCUT2D eigenvalue weighted by Crippen LogP contribution is -2.41. The van der Waals surface area contributed by atoms with E-state index in [9.17, 15) is 9.90 Å². The first-order valence-electron chi connectivity index (χ1n) is 5.25. The standard InChI is InChI=1S/C11H14N2O3/c1-8-12-6-9(7-13-8)11(10(14)15)2-4-16-5-3-11/h6-7H,2-5H2,1H3,(H,14,15). The molecule has 2 rings (SSSR count). The minimum atomic E-state index is -0.869. The Morgan fingerprint density at radius 1 is 1.38 bits per heavy atom. The largest absolute Gasteiger partial charge is 0.481 e. The first-order valence-corrected chi connectivity index (χ1v) is 5.25. The lowest BCUT2D eigenvalue weighted by atomic mass is 9.75. The number of aryl methyl sites for hydroxylation is 1. The van der Waals surface area contributed by atoms with Crippen LogP contribution in [0.3, 0.4) is 0 Å². The Bertz CT molecular complexity index is 383. The fourth-order valence-corrected chi connectivity index (χ4v) is 1.99. The third-order valence-electron chi connectivity index (χ3n) is 3.09. The molecule has 0 spiro atoms.